The van der Waals surface area contributed by atoms with Gasteiger partial charge in [-0.25, -0.2) is 4.39 Å². The second kappa shape index (κ2) is 10.3. The van der Waals surface area contributed by atoms with Crippen molar-refractivity contribution in [1.82, 2.24) is 15.2 Å². The monoisotopic (exact) mass is 471 g/mol. The number of benzene rings is 2. The number of nitrogens with zero attached hydrogens (tertiary/aromatic N) is 2. The first-order chi connectivity index (χ1) is 17.1. The molecule has 0 saturated heterocycles. The quantitative estimate of drug-likeness (QED) is 0.288. The van der Waals surface area contributed by atoms with Gasteiger partial charge in [0.25, 0.3) is 5.91 Å². The molecule has 1 fully saturated rings. The Morgan fingerprint density at radius 2 is 1.89 bits per heavy atom. The molecule has 4 aromatic rings. The number of fused-ring (bicyclic) bond motifs is 1. The minimum atomic E-state index is -0.326. The van der Waals surface area contributed by atoms with Crippen molar-refractivity contribution in [2.24, 2.45) is 5.92 Å². The Morgan fingerprint density at radius 1 is 1.03 bits per heavy atom. The summed E-state index contributed by atoms with van der Waals surface area (Å²) >= 11 is 0. The minimum Gasteiger partial charge on any atom is -0.353 e. The minimum absolute atomic E-state index is 0.301. The smallest absolute Gasteiger partial charge is 0.275 e. The van der Waals surface area contributed by atoms with Crippen molar-refractivity contribution in [3.05, 3.63) is 77.9 Å². The summed E-state index contributed by atoms with van der Waals surface area (Å²) in [5.41, 5.74) is 3.41. The van der Waals surface area contributed by atoms with Crippen LogP contribution >= 0.6 is 0 Å². The first kappa shape index (κ1) is 23.0. The molecule has 2 atom stereocenters. The van der Waals surface area contributed by atoms with Crippen LogP contribution < -0.4 is 10.6 Å². The Kier molecular flexibility index (Phi) is 6.75. The van der Waals surface area contributed by atoms with Gasteiger partial charge < -0.3 is 10.6 Å². The lowest BCUT2D eigenvalue weighted by atomic mass is 9.83. The van der Waals surface area contributed by atoms with E-state index in [1.165, 1.54) is 50.2 Å². The van der Waals surface area contributed by atoms with E-state index in [2.05, 4.69) is 32.7 Å². The molecule has 6 nitrogen and oxygen atoms in total. The Balaban J connectivity index is 1.26. The molecule has 3 N–H and O–H groups in total. The van der Waals surface area contributed by atoms with E-state index in [9.17, 15) is 9.18 Å². The predicted molar refractivity (Wildman–Crippen MR) is 138 cm³/mol. The van der Waals surface area contributed by atoms with Crippen LogP contribution in [-0.2, 0) is 0 Å². The van der Waals surface area contributed by atoms with E-state index in [1.807, 2.05) is 30.5 Å². The van der Waals surface area contributed by atoms with E-state index in [1.54, 1.807) is 24.3 Å². The fourth-order valence-electron chi connectivity index (χ4n) is 4.85. The molecule has 7 heteroatoms. The number of aromatic nitrogens is 3. The molecule has 180 valence electrons. The zero-order chi connectivity index (χ0) is 24.2. The molecule has 0 aliphatic heterocycles. The number of carbonyl (C=O) groups is 1. The van der Waals surface area contributed by atoms with E-state index in [0.29, 0.717) is 28.8 Å². The average Bonchev–Trinajstić information content (AvgIpc) is 3.25. The summed E-state index contributed by atoms with van der Waals surface area (Å²) in [6.07, 6.45) is 9.35. The Bertz CT molecular complexity index is 1320. The van der Waals surface area contributed by atoms with Crippen LogP contribution in [-0.4, -0.2) is 21.1 Å². The number of rotatable bonds is 5. The maximum Gasteiger partial charge on any atom is 0.275 e. The summed E-state index contributed by atoms with van der Waals surface area (Å²) in [5.74, 6) is 1.11. The van der Waals surface area contributed by atoms with Gasteiger partial charge in [0.1, 0.15) is 11.5 Å². The van der Waals surface area contributed by atoms with E-state index in [4.69, 9.17) is 0 Å². The molecule has 5 rings (SSSR count). The molecule has 1 saturated carbocycles. The van der Waals surface area contributed by atoms with Crippen molar-refractivity contribution in [3.63, 3.8) is 0 Å². The number of carbonyl (C=O) groups excluding carboxylic acids is 1. The third-order valence-electron chi connectivity index (χ3n) is 6.95. The molecule has 0 spiro atoms. The SMILES string of the molecule is CC1CCCCC(c2ccc(C(=O)Nc3n[nH]c4cc(Nc5ccccc5F)ccc34)nc2)CC1. The second-order valence-corrected chi connectivity index (χ2v) is 9.53. The van der Waals surface area contributed by atoms with Gasteiger partial charge in [-0.2, -0.15) is 5.10 Å². The summed E-state index contributed by atoms with van der Waals surface area (Å²) in [6.45, 7) is 2.34. The van der Waals surface area contributed by atoms with Gasteiger partial charge in [0, 0.05) is 17.3 Å². The number of aromatic amines is 1. The fraction of sp³-hybridized carbons (Fsp3) is 0.321. The first-order valence-electron chi connectivity index (χ1n) is 12.3. The standard InChI is InChI=1S/C28H30FN5O/c1-18-6-2-3-7-19(11-10-18)20-12-15-25(30-17-20)28(35)32-27-22-14-13-21(16-26(22)33-34-27)31-24-9-5-4-8-23(24)29/h4-5,8-9,12-19,31H,2-3,6-7,10-11H2,1H3,(H2,32,33,34,35). The van der Waals surface area contributed by atoms with Gasteiger partial charge in [0.15, 0.2) is 5.82 Å². The Labute approximate surface area is 204 Å². The summed E-state index contributed by atoms with van der Waals surface area (Å²) in [7, 11) is 0. The van der Waals surface area contributed by atoms with Crippen LogP contribution in [0.1, 0.15) is 67.4 Å². The normalized spacial score (nSPS) is 18.6. The molecule has 2 heterocycles. The molecule has 1 aliphatic rings. The van der Waals surface area contributed by atoms with Crippen molar-refractivity contribution in [2.75, 3.05) is 10.6 Å². The number of para-hydroxylation sites is 1. The zero-order valence-corrected chi connectivity index (χ0v) is 19.9. The van der Waals surface area contributed by atoms with Crippen molar-refractivity contribution >= 4 is 34.0 Å². The number of nitrogens with one attached hydrogen (secondary N) is 3. The maximum absolute atomic E-state index is 13.9. The third kappa shape index (κ3) is 5.34. The van der Waals surface area contributed by atoms with E-state index in [-0.39, 0.29) is 11.7 Å². The lowest BCUT2D eigenvalue weighted by molar-refractivity contribution is 0.102. The lowest BCUT2D eigenvalue weighted by Crippen LogP contribution is -2.15. The van der Waals surface area contributed by atoms with E-state index < -0.39 is 0 Å². The number of pyridine rings is 1. The maximum atomic E-state index is 13.9. The first-order valence-corrected chi connectivity index (χ1v) is 12.3. The topological polar surface area (TPSA) is 82.7 Å². The molecule has 1 amide bonds. The molecule has 2 aromatic heterocycles. The van der Waals surface area contributed by atoms with E-state index in [0.717, 1.165) is 16.8 Å². The summed E-state index contributed by atoms with van der Waals surface area (Å²) < 4.78 is 13.9. The highest BCUT2D eigenvalue weighted by Crippen LogP contribution is 2.33. The molecule has 1 aliphatic carbocycles. The second-order valence-electron chi connectivity index (χ2n) is 9.53. The molecular weight excluding hydrogens is 441 g/mol. The molecule has 2 unspecified atom stereocenters. The van der Waals surface area contributed by atoms with Crippen LogP contribution in [0.2, 0.25) is 0 Å². The molecule has 0 radical (unpaired) electrons. The third-order valence-corrected chi connectivity index (χ3v) is 6.95. The van der Waals surface area contributed by atoms with Crippen molar-refractivity contribution in [3.8, 4) is 0 Å². The Hall–Kier alpha value is -3.74. The summed E-state index contributed by atoms with van der Waals surface area (Å²) in [5, 5.41) is 13.9. The number of halogens is 1. The van der Waals surface area contributed by atoms with Gasteiger partial charge in [-0.3, -0.25) is 14.9 Å². The number of hydrogen-bond acceptors (Lipinski definition) is 4. The van der Waals surface area contributed by atoms with Gasteiger partial charge in [0.05, 0.1) is 11.2 Å². The van der Waals surface area contributed by atoms with Crippen LogP contribution in [0.25, 0.3) is 10.9 Å². The van der Waals surface area contributed by atoms with Gasteiger partial charge in [-0.05, 0) is 66.6 Å². The number of anilines is 3. The van der Waals surface area contributed by atoms with E-state index >= 15 is 0 Å². The van der Waals surface area contributed by atoms with Crippen LogP contribution in [0.5, 0.6) is 0 Å². The molecule has 35 heavy (non-hydrogen) atoms. The van der Waals surface area contributed by atoms with Crippen molar-refractivity contribution in [1.29, 1.82) is 0 Å². The Morgan fingerprint density at radius 3 is 2.71 bits per heavy atom. The number of amides is 1. The van der Waals surface area contributed by atoms with Gasteiger partial charge in [-0.15, -0.1) is 0 Å². The summed E-state index contributed by atoms with van der Waals surface area (Å²) in [6, 6.07) is 15.8. The van der Waals surface area contributed by atoms with Crippen molar-refractivity contribution < 1.29 is 9.18 Å². The molecule has 0 bridgehead atoms. The average molecular weight is 472 g/mol. The number of H-pyrrole nitrogens is 1. The van der Waals surface area contributed by atoms with Gasteiger partial charge >= 0.3 is 0 Å². The van der Waals surface area contributed by atoms with Crippen LogP contribution in [0, 0.1) is 11.7 Å². The van der Waals surface area contributed by atoms with Crippen LogP contribution in [0.15, 0.2) is 60.8 Å². The zero-order valence-electron chi connectivity index (χ0n) is 19.9. The van der Waals surface area contributed by atoms with Crippen molar-refractivity contribution in [2.45, 2.75) is 51.4 Å². The number of hydrogen-bond donors (Lipinski definition) is 3. The largest absolute Gasteiger partial charge is 0.353 e. The highest BCUT2D eigenvalue weighted by Gasteiger charge is 2.18. The summed E-state index contributed by atoms with van der Waals surface area (Å²) in [4.78, 5) is 17.3. The lowest BCUT2D eigenvalue weighted by Gasteiger charge is -2.23. The predicted octanol–water partition coefficient (Wildman–Crippen LogP) is 7.17. The van der Waals surface area contributed by atoms with Gasteiger partial charge in [0.2, 0.25) is 0 Å². The van der Waals surface area contributed by atoms with Crippen LogP contribution in [0.3, 0.4) is 0 Å². The highest BCUT2D eigenvalue weighted by atomic mass is 19.1. The highest BCUT2D eigenvalue weighted by molar-refractivity contribution is 6.07. The fourth-order valence-corrected chi connectivity index (χ4v) is 4.85. The van der Waals surface area contributed by atoms with Crippen LogP contribution in [0.4, 0.5) is 21.6 Å². The molecular formula is C28H30FN5O. The van der Waals surface area contributed by atoms with Gasteiger partial charge in [-0.1, -0.05) is 50.8 Å². The molecule has 2 aromatic carbocycles.